The predicted molar refractivity (Wildman–Crippen MR) is 83.6 cm³/mol. The Labute approximate surface area is 136 Å². The zero-order valence-electron chi connectivity index (χ0n) is 12.3. The van der Waals surface area contributed by atoms with Gasteiger partial charge in [0.2, 0.25) is 5.75 Å². The third-order valence-electron chi connectivity index (χ3n) is 2.80. The molecule has 2 aromatic rings. The molecule has 0 saturated carbocycles. The van der Waals surface area contributed by atoms with Crippen molar-refractivity contribution in [1.29, 1.82) is 0 Å². The number of aryl methyl sites for hydroxylation is 1. The number of ether oxygens (including phenoxy) is 1. The largest absolute Gasteiger partial charge is 0.473 e. The summed E-state index contributed by atoms with van der Waals surface area (Å²) in [5, 5.41) is 14.0. The predicted octanol–water partition coefficient (Wildman–Crippen LogP) is 2.75. The number of aromatic nitrogens is 2. The van der Waals surface area contributed by atoms with Gasteiger partial charge in [0.05, 0.1) is 5.02 Å². The molecule has 23 heavy (non-hydrogen) atoms. The number of carbonyl (C=O) groups excluding carboxylic acids is 1. The van der Waals surface area contributed by atoms with E-state index >= 15 is 0 Å². The van der Waals surface area contributed by atoms with Crippen LogP contribution in [0, 0.1) is 17.0 Å². The maximum Gasteiger partial charge on any atom is 0.406 e. The van der Waals surface area contributed by atoms with Crippen molar-refractivity contribution in [3.63, 3.8) is 0 Å². The summed E-state index contributed by atoms with van der Waals surface area (Å²) in [6, 6.07) is 6.08. The van der Waals surface area contributed by atoms with E-state index < -0.39 is 22.8 Å². The number of nitrogens with zero attached hydrogens (tertiary/aromatic N) is 3. The second-order valence-corrected chi connectivity index (χ2v) is 5.08. The Morgan fingerprint density at radius 1 is 1.39 bits per heavy atom. The number of rotatable bonds is 5. The van der Waals surface area contributed by atoms with Gasteiger partial charge in [-0.3, -0.25) is 4.79 Å². The van der Waals surface area contributed by atoms with E-state index in [4.69, 9.17) is 16.3 Å². The van der Waals surface area contributed by atoms with Gasteiger partial charge in [-0.1, -0.05) is 11.6 Å². The summed E-state index contributed by atoms with van der Waals surface area (Å²) < 4.78 is 5.35. The second-order valence-electron chi connectivity index (χ2n) is 4.64. The molecule has 9 heteroatoms. The monoisotopic (exact) mass is 336 g/mol. The van der Waals surface area contributed by atoms with E-state index in [1.54, 1.807) is 19.1 Å². The summed E-state index contributed by atoms with van der Waals surface area (Å²) in [6.45, 7) is 3.09. The third kappa shape index (κ3) is 4.36. The highest BCUT2D eigenvalue weighted by atomic mass is 35.5. The van der Waals surface area contributed by atoms with Gasteiger partial charge in [-0.25, -0.2) is 4.98 Å². The molecule has 0 unspecified atom stereocenters. The van der Waals surface area contributed by atoms with Crippen LogP contribution in [0.4, 0.5) is 11.6 Å². The zero-order valence-corrected chi connectivity index (χ0v) is 13.1. The first-order chi connectivity index (χ1) is 10.9. The van der Waals surface area contributed by atoms with Crippen molar-refractivity contribution in [2.75, 3.05) is 5.32 Å². The molecule has 0 spiro atoms. The van der Waals surface area contributed by atoms with Gasteiger partial charge in [0.15, 0.2) is 6.10 Å². The molecule has 0 aliphatic rings. The van der Waals surface area contributed by atoms with Crippen molar-refractivity contribution in [2.24, 2.45) is 0 Å². The number of halogens is 1. The van der Waals surface area contributed by atoms with Crippen LogP contribution in [0.2, 0.25) is 5.02 Å². The highest BCUT2D eigenvalue weighted by molar-refractivity contribution is 6.30. The van der Waals surface area contributed by atoms with Gasteiger partial charge < -0.3 is 20.2 Å². The molecule has 1 amide bonds. The van der Waals surface area contributed by atoms with Crippen LogP contribution in [0.5, 0.6) is 5.75 Å². The summed E-state index contributed by atoms with van der Waals surface area (Å²) in [5.41, 5.74) is 0.478. The van der Waals surface area contributed by atoms with Gasteiger partial charge in [0.1, 0.15) is 11.5 Å². The maximum absolute atomic E-state index is 12.1. The molecule has 2 rings (SSSR count). The minimum absolute atomic E-state index is 0.0766. The lowest BCUT2D eigenvalue weighted by molar-refractivity contribution is -0.390. The summed E-state index contributed by atoms with van der Waals surface area (Å²) in [6.07, 6.45) is 0.410. The number of nitro groups is 1. The van der Waals surface area contributed by atoms with E-state index in [1.165, 1.54) is 25.3 Å². The molecule has 0 radical (unpaired) electrons. The fourth-order valence-electron chi connectivity index (χ4n) is 1.67. The number of amides is 1. The van der Waals surface area contributed by atoms with E-state index in [1.807, 2.05) is 0 Å². The first-order valence-corrected chi connectivity index (χ1v) is 6.95. The van der Waals surface area contributed by atoms with E-state index in [2.05, 4.69) is 15.3 Å². The SMILES string of the molecule is Cc1ccc(O[C@H](C)C(=O)Nc2ccc(Cl)cn2)c([N+](=O)[O-])n1. The Balaban J connectivity index is 2.09. The highest BCUT2D eigenvalue weighted by Gasteiger charge is 2.23. The van der Waals surface area contributed by atoms with Crippen LogP contribution in [0.15, 0.2) is 30.5 Å². The normalized spacial score (nSPS) is 11.6. The van der Waals surface area contributed by atoms with Crippen LogP contribution in [-0.2, 0) is 4.79 Å². The Morgan fingerprint density at radius 2 is 2.13 bits per heavy atom. The highest BCUT2D eigenvalue weighted by Crippen LogP contribution is 2.25. The van der Waals surface area contributed by atoms with Crippen molar-refractivity contribution < 1.29 is 14.5 Å². The van der Waals surface area contributed by atoms with Crippen LogP contribution in [0.3, 0.4) is 0 Å². The topological polar surface area (TPSA) is 107 Å². The number of pyridine rings is 2. The van der Waals surface area contributed by atoms with Crippen molar-refractivity contribution in [3.8, 4) is 5.75 Å². The van der Waals surface area contributed by atoms with Gasteiger partial charge in [-0.2, -0.15) is 0 Å². The molecule has 1 atom stereocenters. The van der Waals surface area contributed by atoms with Crippen molar-refractivity contribution >= 4 is 29.1 Å². The van der Waals surface area contributed by atoms with Gasteiger partial charge in [-0.15, -0.1) is 0 Å². The first kappa shape index (κ1) is 16.6. The molecule has 8 nitrogen and oxygen atoms in total. The molecule has 0 aromatic carbocycles. The van der Waals surface area contributed by atoms with Gasteiger partial charge in [0.25, 0.3) is 5.91 Å². The van der Waals surface area contributed by atoms with Crippen LogP contribution in [0.25, 0.3) is 0 Å². The number of anilines is 1. The standard InChI is InChI=1S/C14H13ClN4O4/c1-8-3-5-11(13(17-8)19(21)22)23-9(2)14(20)18-12-6-4-10(15)7-16-12/h3-7,9H,1-2H3,(H,16,18,20)/t9-/m1/s1. The fourth-order valence-corrected chi connectivity index (χ4v) is 1.79. The van der Waals surface area contributed by atoms with Crippen LogP contribution < -0.4 is 10.1 Å². The lowest BCUT2D eigenvalue weighted by atomic mass is 10.3. The molecular weight excluding hydrogens is 324 g/mol. The minimum atomic E-state index is -0.976. The fraction of sp³-hybridized carbons (Fsp3) is 0.214. The molecule has 1 N–H and O–H groups in total. The average Bonchev–Trinajstić information content (AvgIpc) is 2.51. The summed E-state index contributed by atoms with van der Waals surface area (Å²) in [7, 11) is 0. The van der Waals surface area contributed by atoms with Crippen LogP contribution in [0.1, 0.15) is 12.6 Å². The van der Waals surface area contributed by atoms with Crippen molar-refractivity contribution in [1.82, 2.24) is 9.97 Å². The minimum Gasteiger partial charge on any atom is -0.473 e. The van der Waals surface area contributed by atoms with E-state index in [9.17, 15) is 14.9 Å². The molecule has 0 fully saturated rings. The number of hydrogen-bond acceptors (Lipinski definition) is 6. The number of carbonyl (C=O) groups is 1. The van der Waals surface area contributed by atoms with Crippen molar-refractivity contribution in [2.45, 2.75) is 20.0 Å². The summed E-state index contributed by atoms with van der Waals surface area (Å²) in [4.78, 5) is 30.1. The molecule has 2 aromatic heterocycles. The molecule has 0 saturated heterocycles. The van der Waals surface area contributed by atoms with E-state index in [0.717, 1.165) is 0 Å². The zero-order chi connectivity index (χ0) is 17.0. The third-order valence-corrected chi connectivity index (χ3v) is 3.03. The lowest BCUT2D eigenvalue weighted by Crippen LogP contribution is -2.30. The van der Waals surface area contributed by atoms with Gasteiger partial charge >= 0.3 is 5.82 Å². The Kier molecular flexibility index (Phi) is 5.07. The number of nitrogens with one attached hydrogen (secondary N) is 1. The molecule has 120 valence electrons. The molecule has 0 bridgehead atoms. The Hall–Kier alpha value is -2.74. The van der Waals surface area contributed by atoms with E-state index in [0.29, 0.717) is 16.5 Å². The quantitative estimate of drug-likeness (QED) is 0.664. The molecule has 0 aliphatic heterocycles. The smallest absolute Gasteiger partial charge is 0.406 e. The molecular formula is C14H13ClN4O4. The van der Waals surface area contributed by atoms with Crippen LogP contribution in [-0.4, -0.2) is 26.9 Å². The van der Waals surface area contributed by atoms with Gasteiger partial charge in [0, 0.05) is 13.1 Å². The van der Waals surface area contributed by atoms with E-state index in [-0.39, 0.29) is 5.75 Å². The first-order valence-electron chi connectivity index (χ1n) is 6.58. The number of hydrogen-bond donors (Lipinski definition) is 1. The average molecular weight is 337 g/mol. The Bertz CT molecular complexity index is 736. The molecule has 0 aliphatic carbocycles. The lowest BCUT2D eigenvalue weighted by Gasteiger charge is -2.14. The van der Waals surface area contributed by atoms with Gasteiger partial charge in [-0.05, 0) is 41.1 Å². The summed E-state index contributed by atoms with van der Waals surface area (Å²) >= 11 is 5.71. The maximum atomic E-state index is 12.1. The van der Waals surface area contributed by atoms with Crippen LogP contribution >= 0.6 is 11.6 Å². The summed E-state index contributed by atoms with van der Waals surface area (Å²) in [5.74, 6) is -0.720. The van der Waals surface area contributed by atoms with Crippen molar-refractivity contribution in [3.05, 3.63) is 51.3 Å². The second kappa shape index (κ2) is 7.01. The Morgan fingerprint density at radius 3 is 2.74 bits per heavy atom. The molecule has 2 heterocycles.